The second kappa shape index (κ2) is 15.1. The molecule has 6 heteroatoms. The van der Waals surface area contributed by atoms with Crippen molar-refractivity contribution < 1.29 is 0 Å². The molecule has 0 amide bonds. The molecule has 0 bridgehead atoms. The van der Waals surface area contributed by atoms with Crippen molar-refractivity contribution in [3.8, 4) is 0 Å². The molecule has 9 rings (SSSR count). The lowest BCUT2D eigenvalue weighted by atomic mass is 9.77. The summed E-state index contributed by atoms with van der Waals surface area (Å²) in [6.07, 6.45) is 14.1. The Morgan fingerprint density at radius 3 is 1.33 bits per heavy atom. The van der Waals surface area contributed by atoms with Crippen LogP contribution in [0, 0.1) is 11.8 Å². The monoisotopic (exact) mass is 774 g/mol. The molecule has 0 saturated carbocycles. The van der Waals surface area contributed by atoms with Gasteiger partial charge in [-0.2, -0.15) is 0 Å². The van der Waals surface area contributed by atoms with Crippen LogP contribution in [0.5, 0.6) is 0 Å². The molecular formula is C52H58N2O4. The Morgan fingerprint density at radius 1 is 0.431 bits per heavy atom. The minimum absolute atomic E-state index is 0.192. The average Bonchev–Trinajstić information content (AvgIpc) is 3.23. The number of rotatable bonds is 18. The normalized spacial score (nSPS) is 13.9. The number of hydrogen-bond donors (Lipinski definition) is 0. The summed E-state index contributed by atoms with van der Waals surface area (Å²) in [6, 6.07) is 12.8. The Morgan fingerprint density at radius 2 is 0.879 bits per heavy atom. The maximum Gasteiger partial charge on any atom is 0.261 e. The summed E-state index contributed by atoms with van der Waals surface area (Å²) in [5.41, 5.74) is 1.53. The van der Waals surface area contributed by atoms with E-state index in [4.69, 9.17) is 0 Å². The van der Waals surface area contributed by atoms with Gasteiger partial charge in [0, 0.05) is 56.2 Å². The van der Waals surface area contributed by atoms with Crippen LogP contribution in [-0.4, -0.2) is 9.13 Å². The summed E-state index contributed by atoms with van der Waals surface area (Å²) in [7, 11) is 0. The number of pyridine rings is 2. The van der Waals surface area contributed by atoms with Crippen LogP contribution in [0.3, 0.4) is 0 Å². The fraction of sp³-hybridized carbons (Fsp3) is 0.462. The first-order valence-corrected chi connectivity index (χ1v) is 22.7. The van der Waals surface area contributed by atoms with E-state index < -0.39 is 0 Å². The van der Waals surface area contributed by atoms with Gasteiger partial charge in [0.15, 0.2) is 0 Å². The minimum Gasteiger partial charge on any atom is -0.274 e. The van der Waals surface area contributed by atoms with Gasteiger partial charge in [0.2, 0.25) is 0 Å². The van der Waals surface area contributed by atoms with Crippen LogP contribution in [0.1, 0.15) is 130 Å². The van der Waals surface area contributed by atoms with E-state index in [2.05, 4.69) is 77.9 Å². The van der Waals surface area contributed by atoms with E-state index in [1.807, 2.05) is 0 Å². The Bertz CT molecular complexity index is 3190. The molecule has 0 spiro atoms. The second-order valence-corrected chi connectivity index (χ2v) is 18.0. The van der Waals surface area contributed by atoms with E-state index in [9.17, 15) is 19.2 Å². The summed E-state index contributed by atoms with van der Waals surface area (Å²) in [6.45, 7) is 14.0. The first kappa shape index (κ1) is 38.7. The maximum atomic E-state index is 14.8. The number of aromatic nitrogens is 2. The van der Waals surface area contributed by atoms with Crippen molar-refractivity contribution in [1.82, 2.24) is 9.13 Å². The Hall–Kier alpha value is -4.84. The lowest BCUT2D eigenvalue weighted by Crippen LogP contribution is -2.35. The van der Waals surface area contributed by atoms with Crippen molar-refractivity contribution in [2.45, 2.75) is 145 Å². The third kappa shape index (κ3) is 5.71. The third-order valence-electron chi connectivity index (χ3n) is 14.0. The van der Waals surface area contributed by atoms with Gasteiger partial charge in [-0.25, -0.2) is 0 Å². The van der Waals surface area contributed by atoms with Gasteiger partial charge in [-0.15, -0.1) is 0 Å². The van der Waals surface area contributed by atoms with Gasteiger partial charge in [0.1, 0.15) is 0 Å². The molecule has 0 aliphatic heterocycles. The molecule has 6 nitrogen and oxygen atoms in total. The van der Waals surface area contributed by atoms with Crippen LogP contribution < -0.4 is 22.2 Å². The van der Waals surface area contributed by atoms with Crippen LogP contribution in [-0.2, 0) is 25.9 Å². The summed E-state index contributed by atoms with van der Waals surface area (Å²) in [5.74, 6) is 0.454. The van der Waals surface area contributed by atoms with Crippen LogP contribution in [0.4, 0.5) is 0 Å². The lowest BCUT2D eigenvalue weighted by molar-refractivity contribution is 0.382. The van der Waals surface area contributed by atoms with Gasteiger partial charge in [0.25, 0.3) is 22.2 Å². The van der Waals surface area contributed by atoms with Gasteiger partial charge in [0.05, 0.1) is 0 Å². The molecule has 0 saturated heterocycles. The van der Waals surface area contributed by atoms with Gasteiger partial charge in [-0.3, -0.25) is 28.3 Å². The first-order valence-electron chi connectivity index (χ1n) is 22.7. The number of nitrogens with zero attached hydrogens (tertiary/aromatic N) is 2. The largest absolute Gasteiger partial charge is 0.274 e. The van der Waals surface area contributed by atoms with Crippen molar-refractivity contribution in [2.24, 2.45) is 11.8 Å². The smallest absolute Gasteiger partial charge is 0.261 e. The summed E-state index contributed by atoms with van der Waals surface area (Å²) >= 11 is 0. The highest BCUT2D eigenvalue weighted by Crippen LogP contribution is 2.52. The van der Waals surface area contributed by atoms with E-state index >= 15 is 0 Å². The number of unbranched alkanes of at least 4 members (excludes halogenated alkanes) is 5. The van der Waals surface area contributed by atoms with Crippen LogP contribution in [0.2, 0.25) is 0 Å². The topological polar surface area (TPSA) is 78.1 Å². The van der Waals surface area contributed by atoms with Gasteiger partial charge in [-0.05, 0) is 129 Å². The van der Waals surface area contributed by atoms with Gasteiger partial charge in [-0.1, -0.05) is 105 Å². The molecule has 9 aromatic rings. The fourth-order valence-corrected chi connectivity index (χ4v) is 10.9. The SMILES string of the molecule is CCCCCC(C)Cn1c(=O)c2cc3cc(CCCC)c4cc5c(=O)n(CC(CC)CCCC)c(=O)c6cc7cc(CCCC)c8cc(c1=O)c2c1c3c4c(c65)c7c81. The van der Waals surface area contributed by atoms with Crippen molar-refractivity contribution in [3.05, 3.63) is 88.9 Å². The lowest BCUT2D eigenvalue weighted by Gasteiger charge is -2.26. The highest BCUT2D eigenvalue weighted by Gasteiger charge is 2.30. The molecule has 58 heavy (non-hydrogen) atoms. The Labute approximate surface area is 339 Å². The van der Waals surface area contributed by atoms with Crippen LogP contribution in [0.15, 0.2) is 55.6 Å². The molecule has 7 aromatic carbocycles. The molecule has 2 unspecified atom stereocenters. The van der Waals surface area contributed by atoms with Crippen molar-refractivity contribution in [1.29, 1.82) is 0 Å². The maximum absolute atomic E-state index is 14.8. The second-order valence-electron chi connectivity index (χ2n) is 18.0. The summed E-state index contributed by atoms with van der Waals surface area (Å²) in [4.78, 5) is 59.1. The summed E-state index contributed by atoms with van der Waals surface area (Å²) < 4.78 is 3.09. The van der Waals surface area contributed by atoms with Crippen LogP contribution >= 0.6 is 0 Å². The molecule has 300 valence electrons. The van der Waals surface area contributed by atoms with E-state index in [1.54, 1.807) is 4.57 Å². The van der Waals surface area contributed by atoms with E-state index in [1.165, 1.54) is 4.57 Å². The molecule has 0 N–H and O–H groups in total. The minimum atomic E-state index is -0.202. The highest BCUT2D eigenvalue weighted by atomic mass is 16.2. The van der Waals surface area contributed by atoms with Crippen molar-refractivity contribution in [2.75, 3.05) is 0 Å². The Balaban J connectivity index is 1.48. The van der Waals surface area contributed by atoms with E-state index in [-0.39, 0.29) is 34.1 Å². The quantitative estimate of drug-likeness (QED) is 0.0494. The zero-order valence-electron chi connectivity index (χ0n) is 35.5. The number of aryl methyl sites for hydroxylation is 2. The third-order valence-corrected chi connectivity index (χ3v) is 14.0. The molecule has 0 aliphatic rings. The molecule has 2 heterocycles. The fourth-order valence-electron chi connectivity index (χ4n) is 10.9. The molecule has 0 fully saturated rings. The molecule has 2 aromatic heterocycles. The highest BCUT2D eigenvalue weighted by molar-refractivity contribution is 6.50. The summed E-state index contributed by atoms with van der Waals surface area (Å²) in [5, 5.41) is 14.2. The zero-order chi connectivity index (χ0) is 40.6. The predicted molar refractivity (Wildman–Crippen MR) is 247 cm³/mol. The standard InChI is InChI=1S/C52H58N2O4/c1-7-12-16-17-29(6)27-53-49(55)37-23-33-21-32(20-15-10-4)36-26-40-44-38(50(56)54(52(40)58)28-30(11-5)18-13-8-2)24-34-22-31(19-14-9-3)35-25-39(51(53)57)43(37)47-41(33)46(36)48(44)42(34)45(35)47/h21-26,29-30H,7-20,27-28H2,1-6H3. The van der Waals surface area contributed by atoms with Crippen molar-refractivity contribution in [3.63, 3.8) is 0 Å². The van der Waals surface area contributed by atoms with Gasteiger partial charge >= 0.3 is 0 Å². The molecule has 2 atom stereocenters. The predicted octanol–water partition coefficient (Wildman–Crippen LogP) is 12.3. The van der Waals surface area contributed by atoms with E-state index in [0.717, 1.165) is 166 Å². The average molecular weight is 775 g/mol. The number of hydrogen-bond acceptors (Lipinski definition) is 4. The molecule has 0 radical (unpaired) electrons. The van der Waals surface area contributed by atoms with E-state index in [0.29, 0.717) is 34.6 Å². The number of benzene rings is 7. The van der Waals surface area contributed by atoms with Gasteiger partial charge < -0.3 is 0 Å². The Kier molecular flexibility index (Phi) is 10.1. The molecular weight excluding hydrogens is 717 g/mol. The zero-order valence-corrected chi connectivity index (χ0v) is 35.5. The van der Waals surface area contributed by atoms with Crippen LogP contribution in [0.25, 0.3) is 86.2 Å². The molecule has 0 aliphatic carbocycles. The van der Waals surface area contributed by atoms with Crippen molar-refractivity contribution >= 4 is 86.2 Å². The first-order chi connectivity index (χ1) is 28.2.